The predicted octanol–water partition coefficient (Wildman–Crippen LogP) is 4.46. The maximum atomic E-state index is 9.86. The van der Waals surface area contributed by atoms with Gasteiger partial charge in [0.15, 0.2) is 0 Å². The van der Waals surface area contributed by atoms with Crippen LogP contribution in [0.25, 0.3) is 0 Å². The fourth-order valence-electron chi connectivity index (χ4n) is 3.05. The molecule has 1 heterocycles. The number of nitrogens with zero attached hydrogens (tertiary/aromatic N) is 1. The van der Waals surface area contributed by atoms with Crippen molar-refractivity contribution in [1.82, 2.24) is 0 Å². The van der Waals surface area contributed by atoms with Crippen molar-refractivity contribution in [3.63, 3.8) is 0 Å². The summed E-state index contributed by atoms with van der Waals surface area (Å²) < 4.78 is 0. The summed E-state index contributed by atoms with van der Waals surface area (Å²) in [6, 6.07) is 5.86. The van der Waals surface area contributed by atoms with Crippen LogP contribution in [0.15, 0.2) is 18.2 Å². The third-order valence-corrected chi connectivity index (χ3v) is 4.46. The van der Waals surface area contributed by atoms with Crippen molar-refractivity contribution in [2.45, 2.75) is 47.5 Å². The molecule has 2 nitrogen and oxygen atoms in total. The average molecular weight is 275 g/mol. The first kappa shape index (κ1) is 15.2. The normalized spacial score (nSPS) is 23.9. The van der Waals surface area contributed by atoms with E-state index in [1.54, 1.807) is 0 Å². The Balaban J connectivity index is 2.27. The van der Waals surface area contributed by atoms with Crippen LogP contribution >= 0.6 is 0 Å². The van der Waals surface area contributed by atoms with Gasteiger partial charge >= 0.3 is 0 Å². The van der Waals surface area contributed by atoms with Crippen molar-refractivity contribution in [3.05, 3.63) is 23.8 Å². The lowest BCUT2D eigenvalue weighted by Crippen LogP contribution is -2.39. The van der Waals surface area contributed by atoms with Gasteiger partial charge in [-0.3, -0.25) is 0 Å². The third-order valence-electron chi connectivity index (χ3n) is 4.46. The molecule has 2 atom stereocenters. The number of phenolic OH excluding ortho intramolecular Hbond substituents is 1. The molecule has 0 saturated carbocycles. The van der Waals surface area contributed by atoms with E-state index < -0.39 is 0 Å². The van der Waals surface area contributed by atoms with Gasteiger partial charge in [0.1, 0.15) is 5.75 Å². The monoisotopic (exact) mass is 275 g/mol. The first-order valence-corrected chi connectivity index (χ1v) is 7.83. The van der Waals surface area contributed by atoms with Crippen molar-refractivity contribution in [1.29, 1.82) is 0 Å². The van der Waals surface area contributed by atoms with E-state index in [4.69, 9.17) is 0 Å². The minimum atomic E-state index is 0.264. The number of aromatic hydroxyl groups is 1. The topological polar surface area (TPSA) is 23.5 Å². The van der Waals surface area contributed by atoms with Gasteiger partial charge in [-0.2, -0.15) is 0 Å². The van der Waals surface area contributed by atoms with Crippen LogP contribution in [0.3, 0.4) is 0 Å². The standard InChI is InChI=1S/C18H29NO/c1-13-8-9-19(12-14(13)2)17-10-16(20)7-6-15(17)11-18(3,4)5/h6-7,10,13-14,20H,8-9,11-12H2,1-5H3/t13-,14?/m0/s1. The lowest BCUT2D eigenvalue weighted by atomic mass is 9.85. The van der Waals surface area contributed by atoms with E-state index in [2.05, 4.69) is 45.6 Å². The summed E-state index contributed by atoms with van der Waals surface area (Å²) >= 11 is 0. The maximum absolute atomic E-state index is 9.86. The molecule has 0 amide bonds. The number of anilines is 1. The third kappa shape index (κ3) is 3.68. The molecule has 1 unspecified atom stereocenters. The van der Waals surface area contributed by atoms with E-state index in [1.807, 2.05) is 12.1 Å². The van der Waals surface area contributed by atoms with Crippen LogP contribution in [0.5, 0.6) is 5.75 Å². The van der Waals surface area contributed by atoms with Gasteiger partial charge < -0.3 is 10.0 Å². The molecule has 0 bridgehead atoms. The number of hydrogen-bond acceptors (Lipinski definition) is 2. The molecular weight excluding hydrogens is 246 g/mol. The first-order chi connectivity index (χ1) is 9.26. The Morgan fingerprint density at radius 2 is 1.90 bits per heavy atom. The van der Waals surface area contributed by atoms with Gasteiger partial charge in [0.2, 0.25) is 0 Å². The number of rotatable bonds is 2. The second-order valence-corrected chi connectivity index (χ2v) is 7.74. The summed E-state index contributed by atoms with van der Waals surface area (Å²) in [4.78, 5) is 2.46. The van der Waals surface area contributed by atoms with E-state index in [1.165, 1.54) is 17.7 Å². The predicted molar refractivity (Wildman–Crippen MR) is 86.4 cm³/mol. The molecule has 1 N–H and O–H groups in total. The molecule has 1 aromatic rings. The minimum Gasteiger partial charge on any atom is -0.508 e. The molecule has 1 aliphatic heterocycles. The second kappa shape index (κ2) is 5.67. The Kier molecular flexibility index (Phi) is 4.31. The maximum Gasteiger partial charge on any atom is 0.117 e. The van der Waals surface area contributed by atoms with Crippen LogP contribution in [-0.4, -0.2) is 18.2 Å². The molecule has 2 rings (SSSR count). The zero-order chi connectivity index (χ0) is 14.9. The van der Waals surface area contributed by atoms with E-state index in [0.717, 1.165) is 25.4 Å². The van der Waals surface area contributed by atoms with Crippen LogP contribution in [-0.2, 0) is 6.42 Å². The number of benzene rings is 1. The Labute approximate surface area is 123 Å². The van der Waals surface area contributed by atoms with Gasteiger partial charge in [-0.05, 0) is 41.7 Å². The Morgan fingerprint density at radius 3 is 2.50 bits per heavy atom. The molecule has 0 radical (unpaired) electrons. The van der Waals surface area contributed by atoms with E-state index in [-0.39, 0.29) is 5.41 Å². The van der Waals surface area contributed by atoms with Crippen LogP contribution in [0.4, 0.5) is 5.69 Å². The molecular formula is C18H29NO. The molecule has 1 aromatic carbocycles. The van der Waals surface area contributed by atoms with E-state index >= 15 is 0 Å². The van der Waals surface area contributed by atoms with E-state index in [0.29, 0.717) is 11.7 Å². The number of hydrogen-bond donors (Lipinski definition) is 1. The largest absolute Gasteiger partial charge is 0.508 e. The summed E-state index contributed by atoms with van der Waals surface area (Å²) in [5.74, 6) is 1.90. The second-order valence-electron chi connectivity index (χ2n) is 7.74. The van der Waals surface area contributed by atoms with Crippen molar-refractivity contribution >= 4 is 5.69 Å². The number of phenols is 1. The van der Waals surface area contributed by atoms with Crippen molar-refractivity contribution in [3.8, 4) is 5.75 Å². The van der Waals surface area contributed by atoms with Crippen LogP contribution in [0.1, 0.15) is 46.6 Å². The summed E-state index contributed by atoms with van der Waals surface area (Å²) in [5, 5.41) is 9.86. The smallest absolute Gasteiger partial charge is 0.117 e. The zero-order valence-corrected chi connectivity index (χ0v) is 13.6. The van der Waals surface area contributed by atoms with Gasteiger partial charge in [-0.1, -0.05) is 40.7 Å². The van der Waals surface area contributed by atoms with Gasteiger partial charge in [0, 0.05) is 24.8 Å². The highest BCUT2D eigenvalue weighted by molar-refractivity contribution is 5.57. The highest BCUT2D eigenvalue weighted by Gasteiger charge is 2.25. The zero-order valence-electron chi connectivity index (χ0n) is 13.6. The van der Waals surface area contributed by atoms with Crippen molar-refractivity contribution in [2.75, 3.05) is 18.0 Å². The van der Waals surface area contributed by atoms with Crippen LogP contribution in [0.2, 0.25) is 0 Å². The SMILES string of the molecule is CC1CN(c2cc(O)ccc2CC(C)(C)C)CC[C@@H]1C. The highest BCUT2D eigenvalue weighted by atomic mass is 16.3. The van der Waals surface area contributed by atoms with Crippen LogP contribution in [0, 0.1) is 17.3 Å². The van der Waals surface area contributed by atoms with Crippen molar-refractivity contribution in [2.24, 2.45) is 17.3 Å². The summed E-state index contributed by atoms with van der Waals surface area (Å²) in [7, 11) is 0. The molecule has 0 aliphatic carbocycles. The lowest BCUT2D eigenvalue weighted by Gasteiger charge is -2.38. The molecule has 2 heteroatoms. The van der Waals surface area contributed by atoms with Gasteiger partial charge in [-0.25, -0.2) is 0 Å². The van der Waals surface area contributed by atoms with E-state index in [9.17, 15) is 5.11 Å². The molecule has 0 aromatic heterocycles. The molecule has 20 heavy (non-hydrogen) atoms. The van der Waals surface area contributed by atoms with Crippen molar-refractivity contribution < 1.29 is 5.11 Å². The number of piperidine rings is 1. The summed E-state index contributed by atoms with van der Waals surface area (Å²) in [6.45, 7) is 13.7. The van der Waals surface area contributed by atoms with Gasteiger partial charge in [0.25, 0.3) is 0 Å². The average Bonchev–Trinajstić information content (AvgIpc) is 2.33. The highest BCUT2D eigenvalue weighted by Crippen LogP contribution is 2.34. The quantitative estimate of drug-likeness (QED) is 0.861. The Morgan fingerprint density at radius 1 is 1.20 bits per heavy atom. The fraction of sp³-hybridized carbons (Fsp3) is 0.667. The molecule has 112 valence electrons. The first-order valence-electron chi connectivity index (χ1n) is 7.83. The summed E-state index contributed by atoms with van der Waals surface area (Å²) in [6.07, 6.45) is 2.29. The summed E-state index contributed by atoms with van der Waals surface area (Å²) in [5.41, 5.74) is 2.86. The molecule has 0 spiro atoms. The molecule has 1 saturated heterocycles. The minimum absolute atomic E-state index is 0.264. The molecule has 1 fully saturated rings. The van der Waals surface area contributed by atoms with Crippen LogP contribution < -0.4 is 4.90 Å². The van der Waals surface area contributed by atoms with Gasteiger partial charge in [-0.15, -0.1) is 0 Å². The Bertz CT molecular complexity index is 461. The van der Waals surface area contributed by atoms with Gasteiger partial charge in [0.05, 0.1) is 0 Å². The fourth-order valence-corrected chi connectivity index (χ4v) is 3.05. The molecule has 1 aliphatic rings. The Hall–Kier alpha value is -1.18. The lowest BCUT2D eigenvalue weighted by molar-refractivity contribution is 0.322.